The van der Waals surface area contributed by atoms with E-state index in [9.17, 15) is 24.6 Å². The predicted octanol–water partition coefficient (Wildman–Crippen LogP) is 7.92. The van der Waals surface area contributed by atoms with Gasteiger partial charge < -0.3 is 30.1 Å². The maximum absolute atomic E-state index is 12.4. The van der Waals surface area contributed by atoms with Gasteiger partial charge in [0.05, 0.1) is 24.4 Å². The summed E-state index contributed by atoms with van der Waals surface area (Å²) >= 11 is 1.61. The van der Waals surface area contributed by atoms with E-state index < -0.39 is 18.2 Å². The molecule has 1 heterocycles. The molecular formula is C40H43NO8S. The Hall–Kier alpha value is -4.48. The summed E-state index contributed by atoms with van der Waals surface area (Å²) in [6, 6.07) is 30.8. The lowest BCUT2D eigenvalue weighted by Gasteiger charge is -2.36. The Morgan fingerprint density at radius 2 is 1.44 bits per heavy atom. The van der Waals surface area contributed by atoms with Crippen molar-refractivity contribution in [1.29, 1.82) is 0 Å². The Bertz CT molecular complexity index is 1710. The lowest BCUT2D eigenvalue weighted by Crippen LogP contribution is -2.31. The highest BCUT2D eigenvalue weighted by atomic mass is 32.2. The standard InChI is InChI=1S/C40H43NO8S/c42-25-27-10-12-30(13-11-27)36-23-34(26-50-35-20-18-31(19-21-35)39(46)47)48-40(49-36)32-16-14-29(15-17-32)33-7-5-6-28(22-33)24-41-37(43)8-3-1-2-4-9-38(44)45/h5-7,10-22,34,36,40,42H,1-4,8-9,23-26H2,(H,41,43)(H,44,45)(H,46,47)/t34-,36+,40+/m1/s1. The highest BCUT2D eigenvalue weighted by Gasteiger charge is 2.32. The van der Waals surface area contributed by atoms with E-state index in [1.54, 1.807) is 23.9 Å². The first-order chi connectivity index (χ1) is 24.3. The van der Waals surface area contributed by atoms with Crippen LogP contribution in [0.2, 0.25) is 0 Å². The van der Waals surface area contributed by atoms with Crippen LogP contribution in [-0.4, -0.2) is 45.0 Å². The van der Waals surface area contributed by atoms with Crippen molar-refractivity contribution in [2.75, 3.05) is 5.75 Å². The van der Waals surface area contributed by atoms with Gasteiger partial charge in [0.1, 0.15) is 0 Å². The SMILES string of the molecule is O=C(O)CCCCCCC(=O)NCc1cccc(-c2ccc([C@H]3O[C@@H](CSc4ccc(C(=O)O)cc4)C[C@@H](c4ccc(CO)cc4)O3)cc2)c1. The largest absolute Gasteiger partial charge is 0.481 e. The molecule has 262 valence electrons. The van der Waals surface area contributed by atoms with Crippen LogP contribution in [0.3, 0.4) is 0 Å². The molecular weight excluding hydrogens is 655 g/mol. The van der Waals surface area contributed by atoms with Gasteiger partial charge in [-0.15, -0.1) is 11.8 Å². The molecule has 1 aliphatic heterocycles. The fraction of sp³-hybridized carbons (Fsp3) is 0.325. The molecule has 0 saturated carbocycles. The molecule has 0 aliphatic carbocycles. The Kier molecular flexibility index (Phi) is 13.6. The van der Waals surface area contributed by atoms with Gasteiger partial charge in [-0.2, -0.15) is 0 Å². The van der Waals surface area contributed by atoms with Crippen molar-refractivity contribution >= 4 is 29.6 Å². The number of aromatic carboxylic acids is 1. The number of carbonyl (C=O) groups excluding carboxylic acids is 1. The maximum Gasteiger partial charge on any atom is 0.335 e. The molecule has 1 aliphatic rings. The monoisotopic (exact) mass is 697 g/mol. The van der Waals surface area contributed by atoms with E-state index in [0.29, 0.717) is 31.6 Å². The minimum Gasteiger partial charge on any atom is -0.481 e. The van der Waals surface area contributed by atoms with Crippen LogP contribution in [0.1, 0.15) is 90.0 Å². The quantitative estimate of drug-likeness (QED) is 0.0639. The summed E-state index contributed by atoms with van der Waals surface area (Å²) in [6.45, 7) is 0.400. The van der Waals surface area contributed by atoms with Crippen molar-refractivity contribution in [3.8, 4) is 11.1 Å². The Labute approximate surface area is 296 Å². The number of aliphatic hydroxyl groups excluding tert-OH is 1. The molecule has 10 heteroatoms. The van der Waals surface area contributed by atoms with Crippen molar-refractivity contribution in [2.24, 2.45) is 0 Å². The first-order valence-corrected chi connectivity index (χ1v) is 17.9. The van der Waals surface area contributed by atoms with Gasteiger partial charge in [-0.1, -0.05) is 79.6 Å². The lowest BCUT2D eigenvalue weighted by atomic mass is 9.99. The average molecular weight is 698 g/mol. The third-order valence-corrected chi connectivity index (χ3v) is 9.77. The van der Waals surface area contributed by atoms with Crippen LogP contribution in [0.5, 0.6) is 0 Å². The van der Waals surface area contributed by atoms with Crippen molar-refractivity contribution in [3.63, 3.8) is 0 Å². The summed E-state index contributed by atoms with van der Waals surface area (Å²) in [5.41, 5.74) is 6.01. The Morgan fingerprint density at radius 3 is 2.12 bits per heavy atom. The van der Waals surface area contributed by atoms with Gasteiger partial charge in [0.15, 0.2) is 6.29 Å². The number of carbonyl (C=O) groups is 3. The Morgan fingerprint density at radius 1 is 0.740 bits per heavy atom. The van der Waals surface area contributed by atoms with Gasteiger partial charge in [-0.05, 0) is 71.0 Å². The topological polar surface area (TPSA) is 142 Å². The zero-order valence-electron chi connectivity index (χ0n) is 27.8. The number of rotatable bonds is 17. The number of unbranched alkanes of at least 4 members (excludes halogenated alkanes) is 3. The molecule has 4 N–H and O–H groups in total. The second-order valence-corrected chi connectivity index (χ2v) is 13.5. The number of aliphatic hydroxyl groups is 1. The molecule has 0 radical (unpaired) electrons. The van der Waals surface area contributed by atoms with Gasteiger partial charge in [0.2, 0.25) is 5.91 Å². The van der Waals surface area contributed by atoms with E-state index in [1.807, 2.05) is 78.9 Å². The molecule has 5 rings (SSSR count). The highest BCUT2D eigenvalue weighted by Crippen LogP contribution is 2.40. The van der Waals surface area contributed by atoms with E-state index in [4.69, 9.17) is 14.6 Å². The molecule has 4 aromatic rings. The number of aliphatic carboxylic acids is 1. The minimum atomic E-state index is -0.953. The van der Waals surface area contributed by atoms with Crippen molar-refractivity contribution in [2.45, 2.75) is 81.5 Å². The molecule has 1 fully saturated rings. The van der Waals surface area contributed by atoms with Crippen LogP contribution in [0.25, 0.3) is 11.1 Å². The normalized spacial score (nSPS) is 17.3. The minimum absolute atomic E-state index is 0.0130. The third-order valence-electron chi connectivity index (χ3n) is 8.63. The zero-order valence-corrected chi connectivity index (χ0v) is 28.6. The molecule has 0 spiro atoms. The fourth-order valence-corrected chi connectivity index (χ4v) is 6.73. The van der Waals surface area contributed by atoms with Crippen LogP contribution in [-0.2, 0) is 32.2 Å². The lowest BCUT2D eigenvalue weighted by molar-refractivity contribution is -0.245. The van der Waals surface area contributed by atoms with Crippen molar-refractivity contribution in [3.05, 3.63) is 125 Å². The number of hydrogen-bond donors (Lipinski definition) is 4. The van der Waals surface area contributed by atoms with Gasteiger partial charge in [0, 0.05) is 42.0 Å². The highest BCUT2D eigenvalue weighted by molar-refractivity contribution is 7.99. The number of amides is 1. The first kappa shape index (κ1) is 36.8. The number of carboxylic acid groups (broad SMARTS) is 2. The van der Waals surface area contributed by atoms with Crippen molar-refractivity contribution < 1.29 is 39.2 Å². The average Bonchev–Trinajstić information content (AvgIpc) is 3.14. The summed E-state index contributed by atoms with van der Waals surface area (Å²) < 4.78 is 13.0. The molecule has 0 unspecified atom stereocenters. The molecule has 4 aromatic carbocycles. The van der Waals surface area contributed by atoms with Crippen molar-refractivity contribution in [1.82, 2.24) is 5.32 Å². The fourth-order valence-electron chi connectivity index (χ4n) is 5.80. The number of carboxylic acids is 2. The summed E-state index contributed by atoms with van der Waals surface area (Å²) in [6.07, 6.45) is 3.32. The van der Waals surface area contributed by atoms with Crippen LogP contribution < -0.4 is 5.32 Å². The Balaban J connectivity index is 1.20. The van der Waals surface area contributed by atoms with Crippen LogP contribution in [0.15, 0.2) is 102 Å². The molecule has 0 aromatic heterocycles. The second kappa shape index (κ2) is 18.5. The molecule has 1 amide bonds. The maximum atomic E-state index is 12.4. The molecule has 0 bridgehead atoms. The smallest absolute Gasteiger partial charge is 0.335 e. The number of thioether (sulfide) groups is 1. The summed E-state index contributed by atoms with van der Waals surface area (Å²) in [4.78, 5) is 35.2. The summed E-state index contributed by atoms with van der Waals surface area (Å²) in [5, 5.41) is 30.5. The van der Waals surface area contributed by atoms with Crippen LogP contribution >= 0.6 is 11.8 Å². The van der Waals surface area contributed by atoms with Gasteiger partial charge >= 0.3 is 11.9 Å². The van der Waals surface area contributed by atoms with E-state index in [0.717, 1.165) is 57.5 Å². The van der Waals surface area contributed by atoms with Gasteiger partial charge in [-0.25, -0.2) is 4.79 Å². The molecule has 50 heavy (non-hydrogen) atoms. The van der Waals surface area contributed by atoms with E-state index in [2.05, 4.69) is 11.4 Å². The number of benzene rings is 4. The molecule has 3 atom stereocenters. The van der Waals surface area contributed by atoms with Crippen LogP contribution in [0.4, 0.5) is 0 Å². The zero-order chi connectivity index (χ0) is 35.3. The van der Waals surface area contributed by atoms with E-state index in [-0.39, 0.29) is 36.7 Å². The summed E-state index contributed by atoms with van der Waals surface area (Å²) in [7, 11) is 0. The number of ether oxygens (including phenoxy) is 2. The number of nitrogens with one attached hydrogen (secondary N) is 1. The molecule has 1 saturated heterocycles. The summed E-state index contributed by atoms with van der Waals surface area (Å²) in [5.74, 6) is -1.09. The molecule has 9 nitrogen and oxygen atoms in total. The van der Waals surface area contributed by atoms with Gasteiger partial charge in [-0.3, -0.25) is 9.59 Å². The third kappa shape index (κ3) is 11.0. The number of hydrogen-bond acceptors (Lipinski definition) is 7. The first-order valence-electron chi connectivity index (χ1n) is 16.9. The van der Waals surface area contributed by atoms with E-state index >= 15 is 0 Å². The van der Waals surface area contributed by atoms with E-state index in [1.165, 1.54) is 0 Å². The van der Waals surface area contributed by atoms with Crippen LogP contribution in [0, 0.1) is 0 Å². The van der Waals surface area contributed by atoms with Gasteiger partial charge in [0.25, 0.3) is 0 Å². The second-order valence-electron chi connectivity index (χ2n) is 12.4. The predicted molar refractivity (Wildman–Crippen MR) is 192 cm³/mol.